The zero-order chi connectivity index (χ0) is 10.7. The molecule has 0 fully saturated rings. The van der Waals surface area contributed by atoms with Gasteiger partial charge in [0.1, 0.15) is 5.75 Å². The second-order valence-corrected chi connectivity index (χ2v) is 4.48. The van der Waals surface area contributed by atoms with Crippen LogP contribution in [0.4, 0.5) is 0 Å². The minimum absolute atomic E-state index is 0.0424. The van der Waals surface area contributed by atoms with Gasteiger partial charge in [-0.3, -0.25) is 0 Å². The van der Waals surface area contributed by atoms with Gasteiger partial charge in [-0.2, -0.15) is 0 Å². The van der Waals surface area contributed by atoms with Crippen molar-refractivity contribution in [2.24, 2.45) is 5.73 Å². The molecule has 2 rings (SSSR count). The van der Waals surface area contributed by atoms with Gasteiger partial charge in [-0.05, 0) is 24.5 Å². The summed E-state index contributed by atoms with van der Waals surface area (Å²) in [6.45, 7) is 0.810. The lowest BCUT2D eigenvalue weighted by atomic mass is 10.0. The third-order valence-corrected chi connectivity index (χ3v) is 3.49. The van der Waals surface area contributed by atoms with Crippen LogP contribution < -0.4 is 10.5 Å². The lowest BCUT2D eigenvalue weighted by molar-refractivity contribution is 0.221. The molecule has 1 aliphatic rings. The molecule has 0 bridgehead atoms. The third-order valence-electron chi connectivity index (χ3n) is 2.50. The normalized spacial score (nSPS) is 17.9. The maximum absolute atomic E-state index is 6.14. The van der Waals surface area contributed by atoms with Crippen LogP contribution in [0.15, 0.2) is 23.3 Å². The third kappa shape index (κ3) is 2.33. The summed E-state index contributed by atoms with van der Waals surface area (Å²) in [5, 5.41) is 1.97. The Morgan fingerprint density at radius 2 is 2.47 bits per heavy atom. The van der Waals surface area contributed by atoms with E-state index in [1.165, 1.54) is 5.57 Å². The topological polar surface area (TPSA) is 44.5 Å². The number of hydrogen-bond donors (Lipinski definition) is 1. The zero-order valence-corrected chi connectivity index (χ0v) is 9.55. The minimum atomic E-state index is -0.0424. The number of thiophene rings is 1. The quantitative estimate of drug-likeness (QED) is 0.859. The first-order valence-electron chi connectivity index (χ1n) is 5.00. The second kappa shape index (κ2) is 4.68. The van der Waals surface area contributed by atoms with Crippen molar-refractivity contribution >= 4 is 11.3 Å². The first kappa shape index (κ1) is 10.5. The highest BCUT2D eigenvalue weighted by Gasteiger charge is 2.16. The summed E-state index contributed by atoms with van der Waals surface area (Å²) in [5.41, 5.74) is 7.32. The van der Waals surface area contributed by atoms with E-state index in [1.807, 2.05) is 11.4 Å². The average Bonchev–Trinajstić information content (AvgIpc) is 2.78. The largest absolute Gasteiger partial charge is 0.501 e. The molecule has 1 aromatic heterocycles. The monoisotopic (exact) mass is 225 g/mol. The Hall–Kier alpha value is -1.00. The lowest BCUT2D eigenvalue weighted by Gasteiger charge is -2.18. The van der Waals surface area contributed by atoms with E-state index < -0.39 is 0 Å². The Labute approximate surface area is 93.5 Å². The molecule has 0 saturated carbocycles. The standard InChI is InChI=1S/C11H15NO2S/c1-13-9-5-10(15-7-9)11(12)8-3-2-4-14-6-8/h5-7,11H,2-4,12H2,1H3. The molecule has 3 nitrogen and oxygen atoms in total. The molecule has 1 aromatic rings. The molecule has 2 N–H and O–H groups in total. The fraction of sp³-hybridized carbons (Fsp3) is 0.455. The Morgan fingerprint density at radius 3 is 3.07 bits per heavy atom. The van der Waals surface area contributed by atoms with Crippen LogP contribution in [0.3, 0.4) is 0 Å². The number of nitrogens with two attached hydrogens (primary N) is 1. The number of hydrogen-bond acceptors (Lipinski definition) is 4. The molecule has 0 radical (unpaired) electrons. The molecule has 82 valence electrons. The zero-order valence-electron chi connectivity index (χ0n) is 8.73. The van der Waals surface area contributed by atoms with Crippen molar-refractivity contribution in [3.05, 3.63) is 28.2 Å². The molecule has 0 aromatic carbocycles. The molecular weight excluding hydrogens is 210 g/mol. The van der Waals surface area contributed by atoms with Gasteiger partial charge in [-0.25, -0.2) is 0 Å². The molecule has 4 heteroatoms. The van der Waals surface area contributed by atoms with Crippen molar-refractivity contribution in [3.8, 4) is 5.75 Å². The van der Waals surface area contributed by atoms with Crippen LogP contribution in [0.5, 0.6) is 5.75 Å². The fourth-order valence-electron chi connectivity index (χ4n) is 1.60. The van der Waals surface area contributed by atoms with Crippen LogP contribution in [0.25, 0.3) is 0 Å². The van der Waals surface area contributed by atoms with Gasteiger partial charge in [0.15, 0.2) is 0 Å². The Balaban J connectivity index is 2.12. The SMILES string of the molecule is COc1csc(C(N)C2=COCCC2)c1. The Kier molecular flexibility index (Phi) is 3.28. The van der Waals surface area contributed by atoms with Crippen LogP contribution in [0.1, 0.15) is 23.8 Å². The van der Waals surface area contributed by atoms with Gasteiger partial charge in [0.25, 0.3) is 0 Å². The van der Waals surface area contributed by atoms with E-state index in [-0.39, 0.29) is 6.04 Å². The van der Waals surface area contributed by atoms with Crippen molar-refractivity contribution < 1.29 is 9.47 Å². The van der Waals surface area contributed by atoms with E-state index in [4.69, 9.17) is 15.2 Å². The van der Waals surface area contributed by atoms with Crippen molar-refractivity contribution in [2.45, 2.75) is 18.9 Å². The van der Waals surface area contributed by atoms with E-state index in [1.54, 1.807) is 24.7 Å². The highest BCUT2D eigenvalue weighted by molar-refractivity contribution is 7.10. The first-order valence-corrected chi connectivity index (χ1v) is 5.88. The summed E-state index contributed by atoms with van der Waals surface area (Å²) in [6, 6.07) is 1.95. The van der Waals surface area contributed by atoms with E-state index in [0.29, 0.717) is 0 Å². The van der Waals surface area contributed by atoms with E-state index in [2.05, 4.69) is 0 Å². The van der Waals surface area contributed by atoms with Crippen LogP contribution >= 0.6 is 11.3 Å². The van der Waals surface area contributed by atoms with E-state index in [9.17, 15) is 0 Å². The van der Waals surface area contributed by atoms with Gasteiger partial charge >= 0.3 is 0 Å². The molecule has 0 spiro atoms. The van der Waals surface area contributed by atoms with Gasteiger partial charge < -0.3 is 15.2 Å². The highest BCUT2D eigenvalue weighted by atomic mass is 32.1. The van der Waals surface area contributed by atoms with E-state index >= 15 is 0 Å². The summed E-state index contributed by atoms with van der Waals surface area (Å²) in [7, 11) is 1.67. The van der Waals surface area contributed by atoms with Crippen molar-refractivity contribution in [2.75, 3.05) is 13.7 Å². The Bertz CT molecular complexity index is 359. The van der Waals surface area contributed by atoms with Crippen LogP contribution in [0.2, 0.25) is 0 Å². The predicted molar refractivity (Wildman–Crippen MR) is 61.1 cm³/mol. The number of rotatable bonds is 3. The van der Waals surface area contributed by atoms with Crippen LogP contribution in [-0.2, 0) is 4.74 Å². The van der Waals surface area contributed by atoms with Crippen LogP contribution in [-0.4, -0.2) is 13.7 Å². The van der Waals surface area contributed by atoms with Gasteiger partial charge in [0.05, 0.1) is 26.0 Å². The van der Waals surface area contributed by atoms with Gasteiger partial charge in [-0.15, -0.1) is 11.3 Å². The number of methoxy groups -OCH3 is 1. The summed E-state index contributed by atoms with van der Waals surface area (Å²) in [6.07, 6.45) is 3.89. The van der Waals surface area contributed by atoms with Crippen molar-refractivity contribution in [1.29, 1.82) is 0 Å². The first-order chi connectivity index (χ1) is 7.31. The van der Waals surface area contributed by atoms with Crippen molar-refractivity contribution in [3.63, 3.8) is 0 Å². The van der Waals surface area contributed by atoms with Crippen molar-refractivity contribution in [1.82, 2.24) is 0 Å². The van der Waals surface area contributed by atoms with Gasteiger partial charge in [0, 0.05) is 10.3 Å². The summed E-state index contributed by atoms with van der Waals surface area (Å²) < 4.78 is 10.4. The smallest absolute Gasteiger partial charge is 0.129 e. The predicted octanol–water partition coefficient (Wildman–Crippen LogP) is 2.45. The summed E-state index contributed by atoms with van der Waals surface area (Å²) in [4.78, 5) is 1.13. The Morgan fingerprint density at radius 1 is 1.60 bits per heavy atom. The fourth-order valence-corrected chi connectivity index (χ4v) is 2.50. The van der Waals surface area contributed by atoms with Gasteiger partial charge in [0.2, 0.25) is 0 Å². The summed E-state index contributed by atoms with van der Waals surface area (Å²) >= 11 is 1.63. The molecule has 2 heterocycles. The molecule has 15 heavy (non-hydrogen) atoms. The summed E-state index contributed by atoms with van der Waals surface area (Å²) in [5.74, 6) is 0.878. The molecule has 0 aliphatic carbocycles. The highest BCUT2D eigenvalue weighted by Crippen LogP contribution is 2.32. The molecule has 0 saturated heterocycles. The lowest BCUT2D eigenvalue weighted by Crippen LogP contribution is -2.15. The van der Waals surface area contributed by atoms with Gasteiger partial charge in [-0.1, -0.05) is 0 Å². The maximum atomic E-state index is 6.14. The molecular formula is C11H15NO2S. The minimum Gasteiger partial charge on any atom is -0.501 e. The molecule has 0 amide bonds. The second-order valence-electron chi connectivity index (χ2n) is 3.53. The number of ether oxygens (including phenoxy) is 2. The molecule has 1 unspecified atom stereocenters. The average molecular weight is 225 g/mol. The maximum Gasteiger partial charge on any atom is 0.129 e. The van der Waals surface area contributed by atoms with E-state index in [0.717, 1.165) is 30.1 Å². The molecule has 1 aliphatic heterocycles. The van der Waals surface area contributed by atoms with Crippen LogP contribution in [0, 0.1) is 0 Å². The molecule has 1 atom stereocenters.